The summed E-state index contributed by atoms with van der Waals surface area (Å²) >= 11 is 5.93. The van der Waals surface area contributed by atoms with Crippen LogP contribution >= 0.6 is 11.6 Å². The van der Waals surface area contributed by atoms with E-state index in [1.807, 2.05) is 0 Å². The number of carbonyl (C=O) groups is 1. The van der Waals surface area contributed by atoms with Gasteiger partial charge in [-0.2, -0.15) is 0 Å². The maximum absolute atomic E-state index is 11.9. The van der Waals surface area contributed by atoms with Gasteiger partial charge in [0.05, 0.1) is 12.1 Å². The first kappa shape index (κ1) is 14.0. The quantitative estimate of drug-likeness (QED) is 0.681. The number of carbonyl (C=O) groups excluding carboxylic acids is 1. The van der Waals surface area contributed by atoms with Gasteiger partial charge in [0.1, 0.15) is 0 Å². The van der Waals surface area contributed by atoms with Crippen molar-refractivity contribution in [1.29, 1.82) is 0 Å². The van der Waals surface area contributed by atoms with Gasteiger partial charge in [-0.05, 0) is 36.3 Å². The zero-order valence-corrected chi connectivity index (χ0v) is 11.4. The Morgan fingerprint density at radius 2 is 2.00 bits per heavy atom. The van der Waals surface area contributed by atoms with Gasteiger partial charge >= 0.3 is 0 Å². The lowest BCUT2D eigenvalue weighted by atomic mass is 10.1. The van der Waals surface area contributed by atoms with Crippen LogP contribution in [0.4, 0.5) is 0 Å². The van der Waals surface area contributed by atoms with Crippen LogP contribution in [-0.4, -0.2) is 18.0 Å². The van der Waals surface area contributed by atoms with Crippen LogP contribution in [0.5, 0.6) is 11.5 Å². The van der Waals surface area contributed by atoms with Crippen LogP contribution in [0.3, 0.4) is 0 Å². The van der Waals surface area contributed by atoms with Gasteiger partial charge in [0.15, 0.2) is 11.5 Å². The number of aromatic hydroxyl groups is 1. The SMILES string of the molecule is COc1cc(C#CC(=O)c2ccccc2Cl)ccc1O. The van der Waals surface area contributed by atoms with E-state index in [0.29, 0.717) is 21.9 Å². The molecule has 2 aromatic carbocycles. The lowest BCUT2D eigenvalue weighted by Gasteiger charge is -2.02. The van der Waals surface area contributed by atoms with Crippen molar-refractivity contribution in [2.24, 2.45) is 0 Å². The smallest absolute Gasteiger partial charge is 0.237 e. The Labute approximate surface area is 121 Å². The van der Waals surface area contributed by atoms with Gasteiger partial charge in [-0.15, -0.1) is 0 Å². The third-order valence-corrected chi connectivity index (χ3v) is 2.95. The first-order valence-corrected chi connectivity index (χ1v) is 6.17. The molecule has 0 fully saturated rings. The zero-order chi connectivity index (χ0) is 14.5. The van der Waals surface area contributed by atoms with Gasteiger partial charge in [0.2, 0.25) is 5.78 Å². The van der Waals surface area contributed by atoms with Crippen molar-refractivity contribution in [1.82, 2.24) is 0 Å². The maximum Gasteiger partial charge on any atom is 0.237 e. The van der Waals surface area contributed by atoms with E-state index >= 15 is 0 Å². The molecule has 0 atom stereocenters. The summed E-state index contributed by atoms with van der Waals surface area (Å²) in [5.41, 5.74) is 0.937. The van der Waals surface area contributed by atoms with E-state index in [-0.39, 0.29) is 11.5 Å². The zero-order valence-electron chi connectivity index (χ0n) is 10.7. The monoisotopic (exact) mass is 286 g/mol. The number of ether oxygens (including phenoxy) is 1. The van der Waals surface area contributed by atoms with Crippen LogP contribution in [0.15, 0.2) is 42.5 Å². The number of halogens is 1. The van der Waals surface area contributed by atoms with Crippen molar-refractivity contribution in [3.63, 3.8) is 0 Å². The van der Waals surface area contributed by atoms with E-state index < -0.39 is 0 Å². The predicted octanol–water partition coefficient (Wildman–Crippen LogP) is 3.29. The summed E-state index contributed by atoms with van der Waals surface area (Å²) in [7, 11) is 1.45. The third-order valence-electron chi connectivity index (χ3n) is 2.62. The van der Waals surface area contributed by atoms with E-state index in [4.69, 9.17) is 16.3 Å². The van der Waals surface area contributed by atoms with Gasteiger partial charge in [-0.1, -0.05) is 29.7 Å². The fourth-order valence-electron chi connectivity index (χ4n) is 1.60. The lowest BCUT2D eigenvalue weighted by molar-refractivity contribution is 0.105. The summed E-state index contributed by atoms with van der Waals surface area (Å²) in [5.74, 6) is 5.21. The molecular weight excluding hydrogens is 276 g/mol. The summed E-state index contributed by atoms with van der Waals surface area (Å²) in [6, 6.07) is 11.4. The Morgan fingerprint density at radius 1 is 1.25 bits per heavy atom. The van der Waals surface area contributed by atoms with Crippen LogP contribution < -0.4 is 4.74 Å². The molecule has 0 heterocycles. The molecule has 4 heteroatoms. The van der Waals surface area contributed by atoms with Crippen molar-refractivity contribution in [2.75, 3.05) is 7.11 Å². The van der Waals surface area contributed by atoms with E-state index in [9.17, 15) is 9.90 Å². The highest BCUT2D eigenvalue weighted by atomic mass is 35.5. The molecule has 0 bridgehead atoms. The molecule has 1 N–H and O–H groups in total. The number of ketones is 1. The fraction of sp³-hybridized carbons (Fsp3) is 0.0625. The Balaban J connectivity index is 2.27. The van der Waals surface area contributed by atoms with Gasteiger partial charge in [-0.3, -0.25) is 4.79 Å². The topological polar surface area (TPSA) is 46.5 Å². The molecule has 0 aliphatic carbocycles. The summed E-state index contributed by atoms with van der Waals surface area (Å²) in [5, 5.41) is 9.84. The van der Waals surface area contributed by atoms with Gasteiger partial charge in [-0.25, -0.2) is 0 Å². The normalized spacial score (nSPS) is 9.50. The number of rotatable bonds is 2. The molecule has 3 nitrogen and oxygen atoms in total. The van der Waals surface area contributed by atoms with Crippen molar-refractivity contribution < 1.29 is 14.6 Å². The lowest BCUT2D eigenvalue weighted by Crippen LogP contribution is -1.95. The molecular formula is C16H11ClO3. The first-order valence-electron chi connectivity index (χ1n) is 5.79. The average molecular weight is 287 g/mol. The molecule has 20 heavy (non-hydrogen) atoms. The second kappa shape index (κ2) is 6.14. The second-order valence-electron chi connectivity index (χ2n) is 3.95. The number of methoxy groups -OCH3 is 1. The maximum atomic E-state index is 11.9. The molecule has 0 aliphatic heterocycles. The molecule has 100 valence electrons. The molecule has 0 radical (unpaired) electrons. The number of hydrogen-bond acceptors (Lipinski definition) is 3. The molecule has 2 aromatic rings. The standard InChI is InChI=1S/C16H11ClO3/c1-20-16-10-11(7-9-15(16)19)6-8-14(18)12-4-2-3-5-13(12)17/h2-5,7,9-10,19H,1H3. The fourth-order valence-corrected chi connectivity index (χ4v) is 1.82. The summed E-state index contributed by atoms with van der Waals surface area (Å²) in [6.45, 7) is 0. The molecule has 0 aromatic heterocycles. The Kier molecular flexibility index (Phi) is 4.29. The van der Waals surface area contributed by atoms with Crippen molar-refractivity contribution in [3.05, 3.63) is 58.6 Å². The summed E-state index contributed by atoms with van der Waals surface area (Å²) < 4.78 is 4.97. The Hall–Kier alpha value is -2.44. The Morgan fingerprint density at radius 3 is 2.70 bits per heavy atom. The van der Waals surface area contributed by atoms with Crippen LogP contribution in [0, 0.1) is 11.8 Å². The van der Waals surface area contributed by atoms with Crippen molar-refractivity contribution in [2.45, 2.75) is 0 Å². The number of hydrogen-bond donors (Lipinski definition) is 1. The van der Waals surface area contributed by atoms with Crippen molar-refractivity contribution >= 4 is 17.4 Å². The number of Topliss-reactive ketones (excluding diaryl/α,β-unsaturated/α-hetero) is 1. The largest absolute Gasteiger partial charge is 0.504 e. The van der Waals surface area contributed by atoms with E-state index in [1.165, 1.54) is 13.2 Å². The number of phenols is 1. The average Bonchev–Trinajstić information content (AvgIpc) is 2.46. The van der Waals surface area contributed by atoms with Crippen LogP contribution in [0.2, 0.25) is 5.02 Å². The minimum atomic E-state index is -0.359. The minimum Gasteiger partial charge on any atom is -0.504 e. The van der Waals surface area contributed by atoms with Gasteiger partial charge in [0.25, 0.3) is 0 Å². The highest BCUT2D eigenvalue weighted by molar-refractivity contribution is 6.35. The van der Waals surface area contributed by atoms with E-state index in [0.717, 1.165) is 0 Å². The molecule has 2 rings (SSSR count). The summed E-state index contributed by atoms with van der Waals surface area (Å²) in [4.78, 5) is 11.9. The predicted molar refractivity (Wildman–Crippen MR) is 77.3 cm³/mol. The molecule has 0 spiro atoms. The molecule has 0 amide bonds. The first-order chi connectivity index (χ1) is 9.61. The highest BCUT2D eigenvalue weighted by Gasteiger charge is 2.06. The van der Waals surface area contributed by atoms with E-state index in [1.54, 1.807) is 36.4 Å². The number of phenolic OH excluding ortho intramolecular Hbond substituents is 1. The molecule has 0 saturated heterocycles. The molecule has 0 aliphatic rings. The van der Waals surface area contributed by atoms with Gasteiger partial charge < -0.3 is 9.84 Å². The summed E-state index contributed by atoms with van der Waals surface area (Å²) in [6.07, 6.45) is 0. The highest BCUT2D eigenvalue weighted by Crippen LogP contribution is 2.25. The number of benzene rings is 2. The van der Waals surface area contributed by atoms with Crippen LogP contribution in [0.25, 0.3) is 0 Å². The van der Waals surface area contributed by atoms with Crippen LogP contribution in [-0.2, 0) is 0 Å². The third kappa shape index (κ3) is 3.11. The molecule has 0 saturated carbocycles. The van der Waals surface area contributed by atoms with Crippen LogP contribution in [0.1, 0.15) is 15.9 Å². The van der Waals surface area contributed by atoms with Crippen molar-refractivity contribution in [3.8, 4) is 23.3 Å². The van der Waals surface area contributed by atoms with E-state index in [2.05, 4.69) is 11.8 Å². The molecule has 0 unspecified atom stereocenters. The minimum absolute atomic E-state index is 0.0236. The Bertz CT molecular complexity index is 711. The second-order valence-corrected chi connectivity index (χ2v) is 4.35. The van der Waals surface area contributed by atoms with Gasteiger partial charge in [0, 0.05) is 11.1 Å².